The van der Waals surface area contributed by atoms with Crippen LogP contribution in [0.4, 0.5) is 5.69 Å². The molecule has 1 aliphatic carbocycles. The molecule has 2 nitrogen and oxygen atoms in total. The molecule has 1 atom stereocenters. The summed E-state index contributed by atoms with van der Waals surface area (Å²) >= 11 is 9.62. The Kier molecular flexibility index (Phi) is 4.25. The molecule has 3 N–H and O–H groups in total. The van der Waals surface area contributed by atoms with Crippen molar-refractivity contribution in [1.82, 2.24) is 0 Å². The van der Waals surface area contributed by atoms with Gasteiger partial charge >= 0.3 is 0 Å². The zero-order valence-corrected chi connectivity index (χ0v) is 14.0. The molecule has 21 heavy (non-hydrogen) atoms. The molecule has 0 saturated heterocycles. The highest BCUT2D eigenvalue weighted by Gasteiger charge is 2.33. The van der Waals surface area contributed by atoms with Crippen LogP contribution in [0.2, 0.25) is 5.02 Å². The number of hydrogen-bond donors (Lipinski definition) is 2. The molecule has 0 heterocycles. The molecule has 0 spiro atoms. The van der Waals surface area contributed by atoms with Gasteiger partial charge in [0, 0.05) is 21.7 Å². The lowest BCUT2D eigenvalue weighted by Crippen LogP contribution is -2.49. The molecule has 0 bridgehead atoms. The summed E-state index contributed by atoms with van der Waals surface area (Å²) in [6.07, 6.45) is 3.01. The molecule has 0 fully saturated rings. The summed E-state index contributed by atoms with van der Waals surface area (Å²) < 4.78 is 1.14. The smallest absolute Gasteiger partial charge is 0.0539 e. The number of aryl methyl sites for hydroxylation is 1. The summed E-state index contributed by atoms with van der Waals surface area (Å²) in [7, 11) is 0. The van der Waals surface area contributed by atoms with Gasteiger partial charge in [-0.25, -0.2) is 0 Å². The lowest BCUT2D eigenvalue weighted by Gasteiger charge is -2.39. The summed E-state index contributed by atoms with van der Waals surface area (Å²) in [5.74, 6) is 0. The summed E-state index contributed by atoms with van der Waals surface area (Å²) in [6, 6.07) is 14.4. The lowest BCUT2D eigenvalue weighted by atomic mass is 9.77. The Labute approximate surface area is 138 Å². The van der Waals surface area contributed by atoms with Crippen molar-refractivity contribution in [3.05, 3.63) is 63.1 Å². The van der Waals surface area contributed by atoms with Gasteiger partial charge in [0.1, 0.15) is 0 Å². The molecule has 110 valence electrons. The van der Waals surface area contributed by atoms with Crippen molar-refractivity contribution in [1.29, 1.82) is 0 Å². The van der Waals surface area contributed by atoms with E-state index in [2.05, 4.69) is 39.4 Å². The van der Waals surface area contributed by atoms with Crippen LogP contribution in [0.3, 0.4) is 0 Å². The fourth-order valence-electron chi connectivity index (χ4n) is 3.03. The monoisotopic (exact) mass is 364 g/mol. The number of rotatable bonds is 3. The average molecular weight is 366 g/mol. The Hall–Kier alpha value is -1.03. The Bertz CT molecular complexity index is 659. The zero-order chi connectivity index (χ0) is 14.9. The van der Waals surface area contributed by atoms with Gasteiger partial charge in [-0.15, -0.1) is 0 Å². The molecule has 0 amide bonds. The van der Waals surface area contributed by atoms with Crippen molar-refractivity contribution in [2.24, 2.45) is 5.73 Å². The number of anilines is 1. The molecule has 0 saturated carbocycles. The van der Waals surface area contributed by atoms with Crippen molar-refractivity contribution in [3.8, 4) is 0 Å². The van der Waals surface area contributed by atoms with Gasteiger partial charge in [0.15, 0.2) is 0 Å². The molecule has 3 rings (SSSR count). The van der Waals surface area contributed by atoms with Gasteiger partial charge in [-0.3, -0.25) is 0 Å². The average Bonchev–Trinajstić information content (AvgIpc) is 2.47. The SMILES string of the molecule is NCC1(Nc2cccc(Cl)c2)CCc2cc(Br)ccc2C1. The predicted molar refractivity (Wildman–Crippen MR) is 93.0 cm³/mol. The van der Waals surface area contributed by atoms with E-state index in [-0.39, 0.29) is 5.54 Å². The first-order chi connectivity index (χ1) is 10.1. The van der Waals surface area contributed by atoms with Crippen LogP contribution in [-0.4, -0.2) is 12.1 Å². The van der Waals surface area contributed by atoms with Crippen molar-refractivity contribution in [2.45, 2.75) is 24.8 Å². The van der Waals surface area contributed by atoms with Crippen molar-refractivity contribution in [2.75, 3.05) is 11.9 Å². The molecule has 0 aromatic heterocycles. The topological polar surface area (TPSA) is 38.0 Å². The van der Waals surface area contributed by atoms with Gasteiger partial charge in [-0.05, 0) is 60.7 Å². The van der Waals surface area contributed by atoms with E-state index < -0.39 is 0 Å². The van der Waals surface area contributed by atoms with Crippen LogP contribution in [0.25, 0.3) is 0 Å². The van der Waals surface area contributed by atoms with Crippen molar-refractivity contribution < 1.29 is 0 Å². The van der Waals surface area contributed by atoms with Crippen LogP contribution in [0.5, 0.6) is 0 Å². The molecule has 4 heteroatoms. The maximum atomic E-state index is 6.11. The van der Waals surface area contributed by atoms with Crippen LogP contribution in [0.1, 0.15) is 17.5 Å². The summed E-state index contributed by atoms with van der Waals surface area (Å²) in [5.41, 5.74) is 9.85. The van der Waals surface area contributed by atoms with Crippen molar-refractivity contribution in [3.63, 3.8) is 0 Å². The first-order valence-corrected chi connectivity index (χ1v) is 8.28. The molecule has 1 aliphatic rings. The van der Waals surface area contributed by atoms with Gasteiger partial charge in [-0.1, -0.05) is 39.7 Å². The Morgan fingerprint density at radius 2 is 2.05 bits per heavy atom. The third-order valence-electron chi connectivity index (χ3n) is 4.19. The van der Waals surface area contributed by atoms with E-state index in [1.807, 2.05) is 24.3 Å². The van der Waals surface area contributed by atoms with Gasteiger partial charge in [0.2, 0.25) is 0 Å². The highest BCUT2D eigenvalue weighted by molar-refractivity contribution is 9.10. The van der Waals surface area contributed by atoms with Gasteiger partial charge < -0.3 is 11.1 Å². The third-order valence-corrected chi connectivity index (χ3v) is 4.92. The summed E-state index contributed by atoms with van der Waals surface area (Å²) in [4.78, 5) is 0. The molecular weight excluding hydrogens is 348 g/mol. The molecular formula is C17H18BrClN2. The van der Waals surface area contributed by atoms with Crippen molar-refractivity contribution >= 4 is 33.2 Å². The second kappa shape index (κ2) is 5.99. The Morgan fingerprint density at radius 3 is 2.81 bits per heavy atom. The number of benzene rings is 2. The van der Waals surface area contributed by atoms with Gasteiger partial charge in [0.25, 0.3) is 0 Å². The van der Waals surface area contributed by atoms with E-state index in [1.165, 1.54) is 11.1 Å². The molecule has 2 aromatic rings. The number of fused-ring (bicyclic) bond motifs is 1. The maximum absolute atomic E-state index is 6.11. The van der Waals surface area contributed by atoms with Crippen LogP contribution in [-0.2, 0) is 12.8 Å². The second-order valence-corrected chi connectivity index (χ2v) is 7.06. The van der Waals surface area contributed by atoms with E-state index in [9.17, 15) is 0 Å². The quantitative estimate of drug-likeness (QED) is 0.846. The molecule has 0 radical (unpaired) electrons. The summed E-state index contributed by atoms with van der Waals surface area (Å²) in [5, 5.41) is 4.36. The lowest BCUT2D eigenvalue weighted by molar-refractivity contribution is 0.417. The number of nitrogens with two attached hydrogens (primary N) is 1. The predicted octanol–water partition coefficient (Wildman–Crippen LogP) is 4.40. The van der Waals surface area contributed by atoms with E-state index in [1.54, 1.807) is 0 Å². The van der Waals surface area contributed by atoms with Crippen LogP contribution >= 0.6 is 27.5 Å². The summed E-state index contributed by atoms with van der Waals surface area (Å²) in [6.45, 7) is 0.606. The van der Waals surface area contributed by atoms with Crippen LogP contribution in [0.15, 0.2) is 46.9 Å². The molecule has 0 aliphatic heterocycles. The molecule has 1 unspecified atom stereocenters. The number of halogens is 2. The minimum Gasteiger partial charge on any atom is -0.378 e. The van der Waals surface area contributed by atoms with Gasteiger partial charge in [-0.2, -0.15) is 0 Å². The van der Waals surface area contributed by atoms with E-state index in [0.717, 1.165) is 34.4 Å². The fraction of sp³-hybridized carbons (Fsp3) is 0.294. The normalized spacial score (nSPS) is 20.9. The largest absolute Gasteiger partial charge is 0.378 e. The van der Waals surface area contributed by atoms with E-state index in [4.69, 9.17) is 17.3 Å². The standard InChI is InChI=1S/C17H18BrClN2/c18-14-5-4-13-10-17(11-20,7-6-12(13)8-14)21-16-3-1-2-15(19)9-16/h1-5,8-9,21H,6-7,10-11,20H2. The van der Waals surface area contributed by atoms with E-state index >= 15 is 0 Å². The molecule has 2 aromatic carbocycles. The fourth-order valence-corrected chi connectivity index (χ4v) is 3.63. The van der Waals surface area contributed by atoms with Gasteiger partial charge in [0.05, 0.1) is 5.54 Å². The Morgan fingerprint density at radius 1 is 1.19 bits per heavy atom. The number of nitrogens with one attached hydrogen (secondary N) is 1. The number of hydrogen-bond acceptors (Lipinski definition) is 2. The maximum Gasteiger partial charge on any atom is 0.0539 e. The first kappa shape index (κ1) is 14.9. The minimum atomic E-state index is -0.0918. The highest BCUT2D eigenvalue weighted by Crippen LogP contribution is 2.33. The van der Waals surface area contributed by atoms with Crippen LogP contribution in [0, 0.1) is 0 Å². The highest BCUT2D eigenvalue weighted by atomic mass is 79.9. The van der Waals surface area contributed by atoms with E-state index in [0.29, 0.717) is 6.54 Å². The zero-order valence-electron chi connectivity index (χ0n) is 11.7. The third kappa shape index (κ3) is 3.25. The minimum absolute atomic E-state index is 0.0918. The van der Waals surface area contributed by atoms with Crippen LogP contribution < -0.4 is 11.1 Å². The first-order valence-electron chi connectivity index (χ1n) is 7.11. The second-order valence-electron chi connectivity index (χ2n) is 5.71. The Balaban J connectivity index is 1.87.